The number of fused-ring (bicyclic) bond motifs is 2. The van der Waals surface area contributed by atoms with Crippen LogP contribution in [0.2, 0.25) is 0 Å². The first-order valence-electron chi connectivity index (χ1n) is 14.2. The van der Waals surface area contributed by atoms with E-state index < -0.39 is 14.3 Å². The van der Waals surface area contributed by atoms with Crippen molar-refractivity contribution in [3.05, 3.63) is 180 Å². The lowest BCUT2D eigenvalue weighted by atomic mass is 9.84. The summed E-state index contributed by atoms with van der Waals surface area (Å²) in [6.07, 6.45) is 0. The minimum Gasteiger partial charge on any atom is -0.309 e. The predicted molar refractivity (Wildman–Crippen MR) is 179 cm³/mol. The molecular weight excluding hydrogens is 582 g/mol. The summed E-state index contributed by atoms with van der Waals surface area (Å²) in [5.41, 5.74) is 0.916. The molecule has 1 aliphatic carbocycles. The van der Waals surface area contributed by atoms with Gasteiger partial charge in [-0.25, -0.2) is 0 Å². The van der Waals surface area contributed by atoms with Crippen LogP contribution in [0.1, 0.15) is 31.8 Å². The highest BCUT2D eigenvalue weighted by molar-refractivity contribution is 7.85. The molecule has 4 nitrogen and oxygen atoms in total. The fraction of sp³-hybridized carbons (Fsp3) is 0. The topological polar surface area (TPSA) is 68.3 Å². The molecular formula is C38H26O4P2. The third-order valence-corrected chi connectivity index (χ3v) is 14.3. The number of rotatable bonds is 6. The van der Waals surface area contributed by atoms with Crippen molar-refractivity contribution in [2.24, 2.45) is 0 Å². The molecule has 0 aliphatic heterocycles. The van der Waals surface area contributed by atoms with Gasteiger partial charge in [0, 0.05) is 54.1 Å². The van der Waals surface area contributed by atoms with Gasteiger partial charge in [0.1, 0.15) is 0 Å². The Kier molecular flexibility index (Phi) is 6.98. The highest BCUT2D eigenvalue weighted by Crippen LogP contribution is 2.45. The van der Waals surface area contributed by atoms with E-state index in [1.165, 1.54) is 0 Å². The van der Waals surface area contributed by atoms with Crippen LogP contribution in [0.3, 0.4) is 0 Å². The van der Waals surface area contributed by atoms with Crippen LogP contribution in [0.5, 0.6) is 0 Å². The largest absolute Gasteiger partial charge is 0.309 e. The van der Waals surface area contributed by atoms with Gasteiger partial charge in [0.05, 0.1) is 0 Å². The molecule has 6 aromatic rings. The van der Waals surface area contributed by atoms with Crippen molar-refractivity contribution in [2.45, 2.75) is 0 Å². The van der Waals surface area contributed by atoms with Gasteiger partial charge in [-0.15, -0.1) is 0 Å². The molecule has 6 aromatic carbocycles. The first kappa shape index (κ1) is 27.9. The molecule has 0 amide bonds. The molecule has 0 fully saturated rings. The SMILES string of the molecule is O=C1c2ccc(P(=O)(c3ccccc3)c3ccccc3)cc2C(=O)c2ccc(P(=O)(c3ccccc3)c3ccccc3)cc21. The van der Waals surface area contributed by atoms with E-state index in [0.29, 0.717) is 31.8 Å². The molecule has 0 heterocycles. The van der Waals surface area contributed by atoms with Crippen LogP contribution in [0.15, 0.2) is 158 Å². The first-order valence-corrected chi connectivity index (χ1v) is 17.6. The zero-order chi connectivity index (χ0) is 30.3. The molecule has 0 spiro atoms. The lowest BCUT2D eigenvalue weighted by Crippen LogP contribution is -2.30. The monoisotopic (exact) mass is 608 g/mol. The van der Waals surface area contributed by atoms with Crippen molar-refractivity contribution in [2.75, 3.05) is 0 Å². The second-order valence-electron chi connectivity index (χ2n) is 10.7. The Labute approximate surface area is 255 Å². The smallest absolute Gasteiger partial charge is 0.194 e. The third-order valence-electron chi connectivity index (χ3n) is 8.19. The van der Waals surface area contributed by atoms with Crippen LogP contribution in [-0.4, -0.2) is 11.6 Å². The lowest BCUT2D eigenvalue weighted by molar-refractivity contribution is 0.0979. The van der Waals surface area contributed by atoms with Crippen LogP contribution in [0, 0.1) is 0 Å². The highest BCUT2D eigenvalue weighted by atomic mass is 31.2. The Bertz CT molecular complexity index is 1900. The Morgan fingerprint density at radius 1 is 0.295 bits per heavy atom. The van der Waals surface area contributed by atoms with Crippen molar-refractivity contribution in [3.63, 3.8) is 0 Å². The Hall–Kier alpha value is -4.88. The minimum absolute atomic E-state index is 0.217. The summed E-state index contributed by atoms with van der Waals surface area (Å²) in [6.45, 7) is 0. The molecule has 7 rings (SSSR count). The summed E-state index contributed by atoms with van der Waals surface area (Å²) in [4.78, 5) is 28.0. The van der Waals surface area contributed by atoms with Crippen molar-refractivity contribution in [1.29, 1.82) is 0 Å². The van der Waals surface area contributed by atoms with E-state index in [1.807, 2.05) is 121 Å². The van der Waals surface area contributed by atoms with E-state index in [-0.39, 0.29) is 33.8 Å². The van der Waals surface area contributed by atoms with Gasteiger partial charge in [0.15, 0.2) is 25.9 Å². The maximum atomic E-state index is 14.9. The Morgan fingerprint density at radius 2 is 0.568 bits per heavy atom. The number of benzene rings is 6. The van der Waals surface area contributed by atoms with E-state index >= 15 is 0 Å². The van der Waals surface area contributed by atoms with E-state index in [1.54, 1.807) is 36.4 Å². The van der Waals surface area contributed by atoms with Gasteiger partial charge in [-0.05, 0) is 24.3 Å². The zero-order valence-electron chi connectivity index (χ0n) is 23.5. The van der Waals surface area contributed by atoms with Crippen molar-refractivity contribution < 1.29 is 18.7 Å². The standard InChI is InChI=1S/C38H26O4P2/c39-37-34-24-22-32(44(42,29-17-9-3-10-18-29)30-19-11-4-12-20-30)26-36(34)38(40)33-23-21-31(25-35(33)37)43(41,27-13-5-1-6-14-27)28-15-7-2-8-16-28/h1-26H. The minimum atomic E-state index is -3.35. The molecule has 0 N–H and O–H groups in total. The van der Waals surface area contributed by atoms with Gasteiger partial charge in [-0.2, -0.15) is 0 Å². The fourth-order valence-corrected chi connectivity index (χ4v) is 11.3. The number of carbonyl (C=O) groups is 2. The molecule has 0 atom stereocenters. The molecule has 0 saturated heterocycles. The molecule has 6 heteroatoms. The number of hydrogen-bond acceptors (Lipinski definition) is 4. The van der Waals surface area contributed by atoms with E-state index in [4.69, 9.17) is 0 Å². The van der Waals surface area contributed by atoms with Crippen molar-refractivity contribution >= 4 is 57.7 Å². The van der Waals surface area contributed by atoms with Crippen molar-refractivity contribution in [3.8, 4) is 0 Å². The molecule has 0 bridgehead atoms. The lowest BCUT2D eigenvalue weighted by Gasteiger charge is -2.25. The maximum absolute atomic E-state index is 14.9. The third kappa shape index (κ3) is 4.38. The average Bonchev–Trinajstić information content (AvgIpc) is 3.11. The molecule has 212 valence electrons. The zero-order valence-corrected chi connectivity index (χ0v) is 25.3. The van der Waals surface area contributed by atoms with Gasteiger partial charge in [0.25, 0.3) is 0 Å². The van der Waals surface area contributed by atoms with Crippen LogP contribution in [0.4, 0.5) is 0 Å². The average molecular weight is 609 g/mol. The van der Waals surface area contributed by atoms with Crippen LogP contribution >= 0.6 is 14.3 Å². The summed E-state index contributed by atoms with van der Waals surface area (Å²) < 4.78 is 29.9. The van der Waals surface area contributed by atoms with Crippen LogP contribution in [0.25, 0.3) is 0 Å². The normalized spacial score (nSPS) is 12.8. The summed E-state index contributed by atoms with van der Waals surface area (Å²) >= 11 is 0. The summed E-state index contributed by atoms with van der Waals surface area (Å²) in [7, 11) is -6.70. The predicted octanol–water partition coefficient (Wildman–Crippen LogP) is 5.74. The second kappa shape index (κ2) is 11.0. The molecule has 0 unspecified atom stereocenters. The summed E-state index contributed by atoms with van der Waals surface area (Å²) in [6, 6.07) is 46.7. The van der Waals surface area contributed by atoms with Crippen molar-refractivity contribution in [1.82, 2.24) is 0 Å². The molecule has 1 aliphatic rings. The second-order valence-corrected chi connectivity index (χ2v) is 16.2. The highest BCUT2D eigenvalue weighted by Gasteiger charge is 2.37. The molecule has 0 aromatic heterocycles. The fourth-order valence-electron chi connectivity index (χ4n) is 5.96. The summed E-state index contributed by atoms with van der Waals surface area (Å²) in [5, 5.41) is 3.53. The van der Waals surface area contributed by atoms with Crippen LogP contribution < -0.4 is 31.8 Å². The number of carbonyl (C=O) groups excluding carboxylic acids is 2. The molecule has 0 saturated carbocycles. The van der Waals surface area contributed by atoms with Gasteiger partial charge in [-0.3, -0.25) is 9.59 Å². The van der Waals surface area contributed by atoms with Gasteiger partial charge in [0.2, 0.25) is 0 Å². The first-order chi connectivity index (χ1) is 21.4. The maximum Gasteiger partial charge on any atom is 0.194 e. The molecule has 44 heavy (non-hydrogen) atoms. The van der Waals surface area contributed by atoms with E-state index in [2.05, 4.69) is 0 Å². The Balaban J connectivity index is 1.37. The van der Waals surface area contributed by atoms with E-state index in [9.17, 15) is 18.7 Å². The van der Waals surface area contributed by atoms with E-state index in [0.717, 1.165) is 0 Å². The quantitative estimate of drug-likeness (QED) is 0.226. The van der Waals surface area contributed by atoms with Gasteiger partial charge in [-0.1, -0.05) is 133 Å². The van der Waals surface area contributed by atoms with Gasteiger partial charge < -0.3 is 9.13 Å². The Morgan fingerprint density at radius 3 is 0.841 bits per heavy atom. The number of ketones is 2. The van der Waals surface area contributed by atoms with Gasteiger partial charge >= 0.3 is 0 Å². The number of hydrogen-bond donors (Lipinski definition) is 0. The molecule has 0 radical (unpaired) electrons. The summed E-state index contributed by atoms with van der Waals surface area (Å²) in [5.74, 6) is -0.658. The van der Waals surface area contributed by atoms with Crippen LogP contribution in [-0.2, 0) is 9.13 Å².